The normalized spacial score (nSPS) is 17.2. The monoisotopic (exact) mass is 417 g/mol. The number of nitrogens with one attached hydrogen (secondary N) is 1. The zero-order valence-electron chi connectivity index (χ0n) is 17.5. The van der Waals surface area contributed by atoms with Crippen molar-refractivity contribution in [2.45, 2.75) is 31.3 Å². The molecule has 1 fully saturated rings. The first-order chi connectivity index (χ1) is 15.1. The van der Waals surface area contributed by atoms with Gasteiger partial charge in [0.15, 0.2) is 0 Å². The van der Waals surface area contributed by atoms with Crippen molar-refractivity contribution in [2.24, 2.45) is 0 Å². The van der Waals surface area contributed by atoms with Gasteiger partial charge in [0.05, 0.1) is 6.54 Å². The first kappa shape index (κ1) is 20.8. The average molecular weight is 418 g/mol. The van der Waals surface area contributed by atoms with E-state index < -0.39 is 6.04 Å². The van der Waals surface area contributed by atoms with Crippen molar-refractivity contribution in [2.75, 3.05) is 19.6 Å². The van der Waals surface area contributed by atoms with E-state index in [4.69, 9.17) is 0 Å². The number of benzene rings is 2. The Hall–Kier alpha value is -3.41. The van der Waals surface area contributed by atoms with Gasteiger partial charge >= 0.3 is 0 Å². The fourth-order valence-electron chi connectivity index (χ4n) is 4.09. The molecular weight excluding hydrogens is 390 g/mol. The minimum atomic E-state index is -0.666. The maximum absolute atomic E-state index is 13.1. The first-order valence-corrected chi connectivity index (χ1v) is 10.7. The maximum Gasteiger partial charge on any atom is 0.255 e. The van der Waals surface area contributed by atoms with E-state index in [0.29, 0.717) is 18.7 Å². The van der Waals surface area contributed by atoms with Crippen LogP contribution in [0.1, 0.15) is 40.4 Å². The van der Waals surface area contributed by atoms with Gasteiger partial charge in [-0.3, -0.25) is 14.4 Å². The molecule has 0 radical (unpaired) electrons. The summed E-state index contributed by atoms with van der Waals surface area (Å²) in [5.41, 5.74) is 2.45. The molecule has 0 aromatic heterocycles. The van der Waals surface area contributed by atoms with E-state index in [1.807, 2.05) is 48.5 Å². The SMILES string of the molecule is C=CCN(CCc1ccccc1)C(=O)CNC(=O)C1c2ccccc2C(=O)N1C1CC1. The van der Waals surface area contributed by atoms with Crippen LogP contribution in [0.3, 0.4) is 0 Å². The zero-order chi connectivity index (χ0) is 21.8. The van der Waals surface area contributed by atoms with Crippen LogP contribution >= 0.6 is 0 Å². The van der Waals surface area contributed by atoms with Crippen LogP contribution in [0.4, 0.5) is 0 Å². The summed E-state index contributed by atoms with van der Waals surface area (Å²) in [6.07, 6.45) is 4.24. The molecule has 1 saturated carbocycles. The van der Waals surface area contributed by atoms with Gasteiger partial charge in [0.1, 0.15) is 6.04 Å². The van der Waals surface area contributed by atoms with E-state index in [9.17, 15) is 14.4 Å². The molecule has 2 aromatic carbocycles. The van der Waals surface area contributed by atoms with Crippen LogP contribution in [0.5, 0.6) is 0 Å². The van der Waals surface area contributed by atoms with Crippen molar-refractivity contribution in [1.82, 2.24) is 15.1 Å². The summed E-state index contributed by atoms with van der Waals surface area (Å²) in [6, 6.07) is 16.6. The Balaban J connectivity index is 1.40. The van der Waals surface area contributed by atoms with E-state index in [-0.39, 0.29) is 30.3 Å². The van der Waals surface area contributed by atoms with Crippen LogP contribution < -0.4 is 5.32 Å². The van der Waals surface area contributed by atoms with Gasteiger partial charge in [0.25, 0.3) is 5.91 Å². The Bertz CT molecular complexity index is 985. The molecule has 2 aromatic rings. The summed E-state index contributed by atoms with van der Waals surface area (Å²) >= 11 is 0. The van der Waals surface area contributed by atoms with Gasteiger partial charge in [-0.15, -0.1) is 6.58 Å². The molecule has 0 saturated heterocycles. The molecule has 1 aliphatic heterocycles. The van der Waals surface area contributed by atoms with Crippen LogP contribution in [0.15, 0.2) is 67.3 Å². The van der Waals surface area contributed by atoms with Gasteiger partial charge in [-0.05, 0) is 36.5 Å². The van der Waals surface area contributed by atoms with Gasteiger partial charge in [-0.25, -0.2) is 0 Å². The number of hydrogen-bond donors (Lipinski definition) is 1. The van der Waals surface area contributed by atoms with Gasteiger partial charge in [-0.1, -0.05) is 54.6 Å². The third-order valence-corrected chi connectivity index (χ3v) is 5.82. The topological polar surface area (TPSA) is 69.7 Å². The van der Waals surface area contributed by atoms with Crippen molar-refractivity contribution >= 4 is 17.7 Å². The van der Waals surface area contributed by atoms with E-state index in [0.717, 1.165) is 30.4 Å². The summed E-state index contributed by atoms with van der Waals surface area (Å²) in [4.78, 5) is 42.0. The molecule has 0 bridgehead atoms. The Labute approximate surface area is 182 Å². The summed E-state index contributed by atoms with van der Waals surface area (Å²) < 4.78 is 0. The second-order valence-electron chi connectivity index (χ2n) is 8.02. The molecule has 1 heterocycles. The summed E-state index contributed by atoms with van der Waals surface area (Å²) in [7, 11) is 0. The summed E-state index contributed by atoms with van der Waals surface area (Å²) in [5, 5.41) is 2.78. The first-order valence-electron chi connectivity index (χ1n) is 10.7. The van der Waals surface area contributed by atoms with Crippen LogP contribution in [0, 0.1) is 0 Å². The van der Waals surface area contributed by atoms with Crippen molar-refractivity contribution < 1.29 is 14.4 Å². The number of amides is 3. The Kier molecular flexibility index (Phi) is 6.16. The zero-order valence-corrected chi connectivity index (χ0v) is 17.5. The highest BCUT2D eigenvalue weighted by atomic mass is 16.2. The molecule has 1 atom stereocenters. The number of rotatable bonds is 9. The van der Waals surface area contributed by atoms with E-state index in [2.05, 4.69) is 11.9 Å². The lowest BCUT2D eigenvalue weighted by atomic mass is 10.0. The molecule has 1 aliphatic carbocycles. The lowest BCUT2D eigenvalue weighted by Gasteiger charge is -2.25. The van der Waals surface area contributed by atoms with Crippen molar-refractivity contribution in [3.05, 3.63) is 83.9 Å². The van der Waals surface area contributed by atoms with Gasteiger partial charge in [0, 0.05) is 24.7 Å². The molecule has 160 valence electrons. The molecule has 0 spiro atoms. The molecule has 6 nitrogen and oxygen atoms in total. The number of hydrogen-bond acceptors (Lipinski definition) is 3. The smallest absolute Gasteiger partial charge is 0.255 e. The Morgan fingerprint density at radius 1 is 1.10 bits per heavy atom. The molecule has 3 amide bonds. The van der Waals surface area contributed by atoms with Crippen LogP contribution in [-0.4, -0.2) is 53.2 Å². The van der Waals surface area contributed by atoms with Crippen LogP contribution in [-0.2, 0) is 16.0 Å². The van der Waals surface area contributed by atoms with E-state index in [1.165, 1.54) is 0 Å². The molecule has 6 heteroatoms. The second-order valence-corrected chi connectivity index (χ2v) is 8.02. The predicted molar refractivity (Wildman–Crippen MR) is 118 cm³/mol. The minimum Gasteiger partial charge on any atom is -0.345 e. The fraction of sp³-hybridized carbons (Fsp3) is 0.320. The quantitative estimate of drug-likeness (QED) is 0.638. The highest BCUT2D eigenvalue weighted by Gasteiger charge is 2.47. The second kappa shape index (κ2) is 9.16. The molecule has 2 aliphatic rings. The van der Waals surface area contributed by atoms with E-state index in [1.54, 1.807) is 21.9 Å². The number of carbonyl (C=O) groups excluding carboxylic acids is 3. The largest absolute Gasteiger partial charge is 0.345 e. The predicted octanol–water partition coefficient (Wildman–Crippen LogP) is 2.72. The van der Waals surface area contributed by atoms with Gasteiger partial charge < -0.3 is 15.1 Å². The highest BCUT2D eigenvalue weighted by molar-refractivity contribution is 6.05. The maximum atomic E-state index is 13.1. The average Bonchev–Trinajstić information content (AvgIpc) is 3.59. The lowest BCUT2D eigenvalue weighted by Crippen LogP contribution is -2.45. The molecule has 31 heavy (non-hydrogen) atoms. The minimum absolute atomic E-state index is 0.0966. The van der Waals surface area contributed by atoms with Crippen molar-refractivity contribution in [3.63, 3.8) is 0 Å². The van der Waals surface area contributed by atoms with Crippen LogP contribution in [0.2, 0.25) is 0 Å². The van der Waals surface area contributed by atoms with Crippen LogP contribution in [0.25, 0.3) is 0 Å². The standard InChI is InChI=1S/C25H27N3O3/c1-2-15-27(16-14-18-8-4-3-5-9-18)22(29)17-26-24(30)23-20-10-6-7-11-21(20)25(31)28(23)19-12-13-19/h2-11,19,23H,1,12-17H2,(H,26,30). The Morgan fingerprint density at radius 2 is 1.81 bits per heavy atom. The summed E-state index contributed by atoms with van der Waals surface area (Å²) in [5.74, 6) is -0.569. The Morgan fingerprint density at radius 3 is 2.52 bits per heavy atom. The van der Waals surface area contributed by atoms with E-state index >= 15 is 0 Å². The lowest BCUT2D eigenvalue weighted by molar-refractivity contribution is -0.133. The van der Waals surface area contributed by atoms with Crippen molar-refractivity contribution in [1.29, 1.82) is 0 Å². The summed E-state index contributed by atoms with van der Waals surface area (Å²) in [6.45, 7) is 4.60. The molecule has 1 N–H and O–H groups in total. The number of nitrogens with zero attached hydrogens (tertiary/aromatic N) is 2. The molecular formula is C25H27N3O3. The highest BCUT2D eigenvalue weighted by Crippen LogP contribution is 2.41. The number of carbonyl (C=O) groups is 3. The number of fused-ring (bicyclic) bond motifs is 1. The third-order valence-electron chi connectivity index (χ3n) is 5.82. The third kappa shape index (κ3) is 4.53. The molecule has 1 unspecified atom stereocenters. The van der Waals surface area contributed by atoms with Crippen molar-refractivity contribution in [3.8, 4) is 0 Å². The van der Waals surface area contributed by atoms with Gasteiger partial charge in [-0.2, -0.15) is 0 Å². The fourth-order valence-corrected chi connectivity index (χ4v) is 4.09. The van der Waals surface area contributed by atoms with Gasteiger partial charge in [0.2, 0.25) is 11.8 Å². The molecule has 4 rings (SSSR count).